The van der Waals surface area contributed by atoms with Gasteiger partial charge >= 0.3 is 0 Å². The summed E-state index contributed by atoms with van der Waals surface area (Å²) in [6.07, 6.45) is 4.94. The predicted octanol–water partition coefficient (Wildman–Crippen LogP) is 1.83. The Morgan fingerprint density at radius 2 is 1.67 bits per heavy atom. The van der Waals surface area contributed by atoms with E-state index in [1.165, 1.54) is 0 Å². The van der Waals surface area contributed by atoms with Crippen LogP contribution in [-0.2, 0) is 6.61 Å². The number of nitrogens with zero attached hydrogens (tertiary/aromatic N) is 4. The normalized spacial score (nSPS) is 21.1. The van der Waals surface area contributed by atoms with Crippen LogP contribution in [0.1, 0.15) is 39.1 Å². The van der Waals surface area contributed by atoms with E-state index in [-0.39, 0.29) is 23.8 Å². The number of fused-ring (bicyclic) bond motifs is 1. The first-order chi connectivity index (χ1) is 14.6. The number of aromatic amines is 1. The average molecular weight is 405 g/mol. The van der Waals surface area contributed by atoms with E-state index in [1.807, 2.05) is 9.80 Å². The van der Waals surface area contributed by atoms with Gasteiger partial charge in [-0.25, -0.2) is 9.97 Å². The van der Waals surface area contributed by atoms with Gasteiger partial charge in [-0.05, 0) is 36.6 Å². The first-order valence-corrected chi connectivity index (χ1v) is 10.1. The third-order valence-corrected chi connectivity index (χ3v) is 6.36. The fraction of sp³-hybridized carbons (Fsp3) is 0.364. The number of aliphatic hydroxyl groups is 1. The Labute approximate surface area is 173 Å². The van der Waals surface area contributed by atoms with E-state index in [0.29, 0.717) is 43.0 Å². The lowest BCUT2D eigenvalue weighted by Gasteiger charge is -2.25. The molecule has 5 rings (SSSR count). The molecule has 4 heterocycles. The maximum atomic E-state index is 13.0. The zero-order valence-corrected chi connectivity index (χ0v) is 16.5. The van der Waals surface area contributed by atoms with Gasteiger partial charge in [0, 0.05) is 43.4 Å². The van der Waals surface area contributed by atoms with E-state index >= 15 is 0 Å². The summed E-state index contributed by atoms with van der Waals surface area (Å²) in [5, 5.41) is 9.17. The predicted molar refractivity (Wildman–Crippen MR) is 110 cm³/mol. The molecule has 2 aliphatic heterocycles. The molecule has 3 aromatic rings. The summed E-state index contributed by atoms with van der Waals surface area (Å²) in [6.45, 7) is 2.67. The molecule has 2 aliphatic rings. The third kappa shape index (κ3) is 3.23. The first kappa shape index (κ1) is 18.7. The number of H-pyrrole nitrogens is 1. The lowest BCUT2D eigenvalue weighted by molar-refractivity contribution is 0.0755. The molecule has 8 nitrogen and oxygen atoms in total. The fourth-order valence-corrected chi connectivity index (χ4v) is 4.61. The Hall–Kier alpha value is -3.26. The van der Waals surface area contributed by atoms with Gasteiger partial charge < -0.3 is 19.9 Å². The van der Waals surface area contributed by atoms with Gasteiger partial charge in [-0.1, -0.05) is 12.1 Å². The number of aromatic nitrogens is 3. The minimum Gasteiger partial charge on any atom is -0.392 e. The van der Waals surface area contributed by atoms with E-state index < -0.39 is 0 Å². The molecule has 0 radical (unpaired) electrons. The molecular formula is C22H23N5O3. The number of imidazole rings is 1. The van der Waals surface area contributed by atoms with E-state index in [9.17, 15) is 14.7 Å². The molecule has 0 saturated carbocycles. The molecule has 2 amide bonds. The van der Waals surface area contributed by atoms with Crippen LogP contribution in [0.3, 0.4) is 0 Å². The van der Waals surface area contributed by atoms with Crippen LogP contribution in [0.2, 0.25) is 0 Å². The van der Waals surface area contributed by atoms with Crippen LogP contribution in [0.25, 0.3) is 11.2 Å². The summed E-state index contributed by atoms with van der Waals surface area (Å²) in [5.74, 6) is -0.0183. The van der Waals surface area contributed by atoms with Gasteiger partial charge in [-0.2, -0.15) is 0 Å². The highest BCUT2D eigenvalue weighted by Crippen LogP contribution is 2.40. The van der Waals surface area contributed by atoms with Gasteiger partial charge in [-0.15, -0.1) is 0 Å². The minimum absolute atomic E-state index is 0.00929. The van der Waals surface area contributed by atoms with Crippen LogP contribution in [0.5, 0.6) is 0 Å². The second-order valence-corrected chi connectivity index (χ2v) is 8.31. The van der Waals surface area contributed by atoms with E-state index in [2.05, 4.69) is 15.0 Å². The van der Waals surface area contributed by atoms with E-state index in [0.717, 1.165) is 23.9 Å². The van der Waals surface area contributed by atoms with Crippen LogP contribution in [-0.4, -0.2) is 67.9 Å². The quantitative estimate of drug-likeness (QED) is 0.692. The molecule has 154 valence electrons. The summed E-state index contributed by atoms with van der Waals surface area (Å²) in [7, 11) is 0. The Kier molecular flexibility index (Phi) is 4.51. The van der Waals surface area contributed by atoms with Gasteiger partial charge in [0.25, 0.3) is 11.8 Å². The second kappa shape index (κ2) is 7.21. The first-order valence-electron chi connectivity index (χ1n) is 10.1. The molecule has 2 aromatic heterocycles. The Morgan fingerprint density at radius 3 is 2.33 bits per heavy atom. The maximum absolute atomic E-state index is 13.0. The van der Waals surface area contributed by atoms with E-state index in [1.54, 1.807) is 42.9 Å². The Balaban J connectivity index is 1.26. The lowest BCUT2D eigenvalue weighted by atomic mass is 9.86. The molecule has 2 N–H and O–H groups in total. The summed E-state index contributed by atoms with van der Waals surface area (Å²) >= 11 is 0. The molecule has 1 atom stereocenters. The van der Waals surface area contributed by atoms with Crippen LogP contribution >= 0.6 is 0 Å². The molecule has 30 heavy (non-hydrogen) atoms. The van der Waals surface area contributed by atoms with Crippen molar-refractivity contribution in [2.45, 2.75) is 19.4 Å². The topological polar surface area (TPSA) is 102 Å². The number of rotatable bonds is 3. The summed E-state index contributed by atoms with van der Waals surface area (Å²) < 4.78 is 0. The van der Waals surface area contributed by atoms with Crippen molar-refractivity contribution in [1.29, 1.82) is 0 Å². The van der Waals surface area contributed by atoms with Crippen molar-refractivity contribution in [3.8, 4) is 0 Å². The highest BCUT2D eigenvalue weighted by molar-refractivity contribution is 5.96. The zero-order chi connectivity index (χ0) is 20.7. The van der Waals surface area contributed by atoms with Gasteiger partial charge in [0.05, 0.1) is 24.0 Å². The molecule has 1 spiro atoms. The van der Waals surface area contributed by atoms with Crippen molar-refractivity contribution >= 4 is 23.0 Å². The number of hydrogen-bond acceptors (Lipinski definition) is 5. The van der Waals surface area contributed by atoms with Crippen molar-refractivity contribution in [1.82, 2.24) is 24.8 Å². The molecule has 0 aliphatic carbocycles. The number of pyridine rings is 1. The summed E-state index contributed by atoms with van der Waals surface area (Å²) in [4.78, 5) is 41.0. The van der Waals surface area contributed by atoms with Crippen LogP contribution in [0, 0.1) is 5.41 Å². The Morgan fingerprint density at radius 1 is 1.00 bits per heavy atom. The van der Waals surface area contributed by atoms with Crippen molar-refractivity contribution in [3.05, 3.63) is 59.5 Å². The van der Waals surface area contributed by atoms with Gasteiger partial charge in [0.1, 0.15) is 0 Å². The summed E-state index contributed by atoms with van der Waals surface area (Å²) in [6, 6.07) is 8.88. The largest absolute Gasteiger partial charge is 0.392 e. The number of carbonyl (C=O) groups is 2. The van der Waals surface area contributed by atoms with Crippen LogP contribution < -0.4 is 0 Å². The monoisotopic (exact) mass is 405 g/mol. The second-order valence-electron chi connectivity index (χ2n) is 8.31. The summed E-state index contributed by atoms with van der Waals surface area (Å²) in [5.41, 5.74) is 3.29. The Bertz CT molecular complexity index is 1110. The molecule has 2 saturated heterocycles. The highest BCUT2D eigenvalue weighted by Gasteiger charge is 2.46. The number of aliphatic hydroxyl groups excluding tert-OH is 1. The van der Waals surface area contributed by atoms with Crippen molar-refractivity contribution in [2.24, 2.45) is 5.41 Å². The van der Waals surface area contributed by atoms with Gasteiger partial charge in [-0.3, -0.25) is 9.59 Å². The number of hydrogen-bond donors (Lipinski definition) is 2. The highest BCUT2D eigenvalue weighted by atomic mass is 16.3. The smallest absolute Gasteiger partial charge is 0.255 e. The van der Waals surface area contributed by atoms with E-state index in [4.69, 9.17) is 0 Å². The molecule has 8 heteroatoms. The molecule has 2 fully saturated rings. The standard InChI is InChI=1S/C22H23N5O3/c28-11-15-1-3-16(4-2-15)20(29)26-7-5-22(12-26)6-8-27(13-22)21(30)17-9-18-19(23-10-17)25-14-24-18/h1-4,9-10,14,28H,5-8,11-13H2,(H,23,24,25). The fourth-order valence-electron chi connectivity index (χ4n) is 4.61. The van der Waals surface area contributed by atoms with Gasteiger partial charge in [0.15, 0.2) is 5.65 Å². The van der Waals surface area contributed by atoms with Crippen LogP contribution in [0.15, 0.2) is 42.9 Å². The minimum atomic E-state index is -0.0398. The maximum Gasteiger partial charge on any atom is 0.255 e. The van der Waals surface area contributed by atoms with Crippen molar-refractivity contribution < 1.29 is 14.7 Å². The number of nitrogens with one attached hydrogen (secondary N) is 1. The molecular weight excluding hydrogens is 382 g/mol. The number of likely N-dealkylation sites (tertiary alicyclic amines) is 2. The zero-order valence-electron chi connectivity index (χ0n) is 16.5. The number of benzene rings is 1. The SMILES string of the molecule is O=C(c1ccc(CO)cc1)N1CCC2(CCN(C(=O)c3cnc4nc[nH]c4c3)C2)C1. The van der Waals surface area contributed by atoms with Gasteiger partial charge in [0.2, 0.25) is 0 Å². The number of carbonyl (C=O) groups excluding carboxylic acids is 2. The molecule has 0 bridgehead atoms. The molecule has 1 unspecified atom stereocenters. The third-order valence-electron chi connectivity index (χ3n) is 6.36. The lowest BCUT2D eigenvalue weighted by Crippen LogP contribution is -2.35. The molecule has 1 aromatic carbocycles. The number of amides is 2. The van der Waals surface area contributed by atoms with Crippen molar-refractivity contribution in [3.63, 3.8) is 0 Å². The van der Waals surface area contributed by atoms with Crippen LogP contribution in [0.4, 0.5) is 0 Å². The van der Waals surface area contributed by atoms with Crippen molar-refractivity contribution in [2.75, 3.05) is 26.2 Å². The average Bonchev–Trinajstić information content (AvgIpc) is 3.53.